The number of nitrogens with one attached hydrogen (secondary N) is 2. The normalized spacial score (nSPS) is 11.5. The first-order valence-corrected chi connectivity index (χ1v) is 9.15. The quantitative estimate of drug-likeness (QED) is 0.604. The van der Waals surface area contributed by atoms with Crippen LogP contribution in [0.5, 0.6) is 11.8 Å². The van der Waals surface area contributed by atoms with Crippen LogP contribution in [0.3, 0.4) is 0 Å². The standard InChI is InChI=1S/C19H25N5O5/c1-6-20-17-22-18(21-11(2)3)24-19(23-17)29-14-9-7-13(8-10-14)16(26)28-12(4)15(25)27-5/h7-12H,6H2,1-5H3,(H2,20,21,22,23,24). The maximum absolute atomic E-state index is 12.1. The zero-order chi connectivity index (χ0) is 21.4. The third-order valence-electron chi connectivity index (χ3n) is 3.48. The van der Waals surface area contributed by atoms with Gasteiger partial charge in [-0.2, -0.15) is 15.0 Å². The van der Waals surface area contributed by atoms with Crippen LogP contribution in [0.25, 0.3) is 0 Å². The number of carbonyl (C=O) groups is 2. The molecule has 1 heterocycles. The molecule has 2 N–H and O–H groups in total. The van der Waals surface area contributed by atoms with Crippen molar-refractivity contribution in [3.63, 3.8) is 0 Å². The molecule has 1 aromatic heterocycles. The first-order chi connectivity index (χ1) is 13.8. The van der Waals surface area contributed by atoms with Crippen LogP contribution in [-0.4, -0.2) is 52.7 Å². The van der Waals surface area contributed by atoms with E-state index >= 15 is 0 Å². The molecule has 0 aliphatic heterocycles. The Hall–Kier alpha value is -3.43. The van der Waals surface area contributed by atoms with Gasteiger partial charge in [0, 0.05) is 12.6 Å². The van der Waals surface area contributed by atoms with Crippen LogP contribution >= 0.6 is 0 Å². The van der Waals surface area contributed by atoms with Crippen LogP contribution in [0.1, 0.15) is 38.1 Å². The number of methoxy groups -OCH3 is 1. The van der Waals surface area contributed by atoms with E-state index in [1.165, 1.54) is 26.2 Å². The molecule has 0 radical (unpaired) electrons. The summed E-state index contributed by atoms with van der Waals surface area (Å²) in [7, 11) is 1.23. The zero-order valence-electron chi connectivity index (χ0n) is 17.1. The molecule has 156 valence electrons. The third-order valence-corrected chi connectivity index (χ3v) is 3.48. The summed E-state index contributed by atoms with van der Waals surface area (Å²) in [5.74, 6) is -0.0785. The fourth-order valence-corrected chi connectivity index (χ4v) is 2.17. The molecule has 1 unspecified atom stereocenters. The van der Waals surface area contributed by atoms with Gasteiger partial charge in [0.25, 0.3) is 0 Å². The van der Waals surface area contributed by atoms with E-state index in [1.54, 1.807) is 12.1 Å². The van der Waals surface area contributed by atoms with Crippen molar-refractivity contribution in [3.05, 3.63) is 29.8 Å². The number of benzene rings is 1. The van der Waals surface area contributed by atoms with Crippen LogP contribution in [0.15, 0.2) is 24.3 Å². The number of nitrogens with zero attached hydrogens (tertiary/aromatic N) is 3. The van der Waals surface area contributed by atoms with Gasteiger partial charge in [-0.3, -0.25) is 0 Å². The minimum Gasteiger partial charge on any atom is -0.466 e. The molecule has 0 spiro atoms. The van der Waals surface area contributed by atoms with E-state index < -0.39 is 18.0 Å². The van der Waals surface area contributed by atoms with Gasteiger partial charge in [0.05, 0.1) is 12.7 Å². The van der Waals surface area contributed by atoms with Crippen molar-refractivity contribution in [1.82, 2.24) is 15.0 Å². The summed E-state index contributed by atoms with van der Waals surface area (Å²) in [6, 6.07) is 6.42. The van der Waals surface area contributed by atoms with Gasteiger partial charge in [0.2, 0.25) is 11.9 Å². The van der Waals surface area contributed by atoms with Gasteiger partial charge in [-0.15, -0.1) is 0 Å². The Kier molecular flexibility index (Phi) is 7.70. The summed E-state index contributed by atoms with van der Waals surface area (Å²) in [6.07, 6.45) is -0.995. The van der Waals surface area contributed by atoms with Gasteiger partial charge in [-0.25, -0.2) is 9.59 Å². The highest BCUT2D eigenvalue weighted by atomic mass is 16.6. The molecule has 0 saturated heterocycles. The second-order valence-corrected chi connectivity index (χ2v) is 6.29. The number of hydrogen-bond acceptors (Lipinski definition) is 10. The number of rotatable bonds is 9. The van der Waals surface area contributed by atoms with Gasteiger partial charge in [0.15, 0.2) is 6.10 Å². The smallest absolute Gasteiger partial charge is 0.346 e. The lowest BCUT2D eigenvalue weighted by atomic mass is 10.2. The minimum atomic E-state index is -0.995. The van der Waals surface area contributed by atoms with Crippen LogP contribution in [0.4, 0.5) is 11.9 Å². The maximum Gasteiger partial charge on any atom is 0.346 e. The minimum absolute atomic E-state index is 0.105. The SMILES string of the molecule is CCNc1nc(NC(C)C)nc(Oc2ccc(C(=O)OC(C)C(=O)OC)cc2)n1. The van der Waals surface area contributed by atoms with Gasteiger partial charge < -0.3 is 24.8 Å². The van der Waals surface area contributed by atoms with E-state index in [1.807, 2.05) is 20.8 Å². The van der Waals surface area contributed by atoms with Gasteiger partial charge in [-0.1, -0.05) is 0 Å². The van der Waals surface area contributed by atoms with E-state index in [0.717, 1.165) is 0 Å². The van der Waals surface area contributed by atoms with Crippen molar-refractivity contribution in [2.24, 2.45) is 0 Å². The van der Waals surface area contributed by atoms with Crippen molar-refractivity contribution in [2.45, 2.75) is 39.8 Å². The van der Waals surface area contributed by atoms with Crippen molar-refractivity contribution in [1.29, 1.82) is 0 Å². The topological polar surface area (TPSA) is 125 Å². The number of aromatic nitrogens is 3. The second-order valence-electron chi connectivity index (χ2n) is 6.29. The van der Waals surface area contributed by atoms with Crippen LogP contribution in [0.2, 0.25) is 0 Å². The highest BCUT2D eigenvalue weighted by Gasteiger charge is 2.19. The predicted molar refractivity (Wildman–Crippen MR) is 106 cm³/mol. The van der Waals surface area contributed by atoms with Crippen molar-refractivity contribution in [2.75, 3.05) is 24.3 Å². The average Bonchev–Trinajstić information content (AvgIpc) is 2.67. The Morgan fingerprint density at radius 2 is 1.69 bits per heavy atom. The monoisotopic (exact) mass is 403 g/mol. The summed E-state index contributed by atoms with van der Waals surface area (Å²) in [6.45, 7) is 7.95. The Morgan fingerprint density at radius 1 is 1.03 bits per heavy atom. The van der Waals surface area contributed by atoms with Crippen LogP contribution < -0.4 is 15.4 Å². The molecule has 0 aliphatic carbocycles. The molecule has 10 nitrogen and oxygen atoms in total. The molecule has 2 rings (SSSR count). The van der Waals surface area contributed by atoms with E-state index in [-0.39, 0.29) is 17.6 Å². The molecule has 0 bridgehead atoms. The highest BCUT2D eigenvalue weighted by molar-refractivity contribution is 5.91. The van der Waals surface area contributed by atoms with Crippen molar-refractivity contribution < 1.29 is 23.8 Å². The first-order valence-electron chi connectivity index (χ1n) is 9.15. The molecule has 0 fully saturated rings. The lowest BCUT2D eigenvalue weighted by Crippen LogP contribution is -2.25. The molecule has 1 aromatic carbocycles. The zero-order valence-corrected chi connectivity index (χ0v) is 17.1. The van der Waals surface area contributed by atoms with Gasteiger partial charge >= 0.3 is 17.9 Å². The highest BCUT2D eigenvalue weighted by Crippen LogP contribution is 2.21. The lowest BCUT2D eigenvalue weighted by Gasteiger charge is -2.12. The van der Waals surface area contributed by atoms with Gasteiger partial charge in [0.1, 0.15) is 5.75 Å². The van der Waals surface area contributed by atoms with Crippen LogP contribution in [-0.2, 0) is 14.3 Å². The Morgan fingerprint density at radius 3 is 2.28 bits per heavy atom. The number of hydrogen-bond donors (Lipinski definition) is 2. The van der Waals surface area contributed by atoms with E-state index in [9.17, 15) is 9.59 Å². The summed E-state index contributed by atoms with van der Waals surface area (Å²) in [5, 5.41) is 6.13. The van der Waals surface area contributed by atoms with Crippen molar-refractivity contribution in [3.8, 4) is 11.8 Å². The molecule has 2 aromatic rings. The number of ether oxygens (including phenoxy) is 3. The summed E-state index contributed by atoms with van der Waals surface area (Å²) >= 11 is 0. The molecular weight excluding hydrogens is 378 g/mol. The molecule has 1 atom stereocenters. The van der Waals surface area contributed by atoms with E-state index in [0.29, 0.717) is 24.2 Å². The number of anilines is 2. The Balaban J connectivity index is 2.11. The second kappa shape index (κ2) is 10.2. The molecule has 10 heteroatoms. The maximum atomic E-state index is 12.1. The summed E-state index contributed by atoms with van der Waals surface area (Å²) < 4.78 is 15.3. The summed E-state index contributed by atoms with van der Waals surface area (Å²) in [5.41, 5.74) is 0.263. The van der Waals surface area contributed by atoms with Crippen molar-refractivity contribution >= 4 is 23.8 Å². The predicted octanol–water partition coefficient (Wildman–Crippen LogP) is 2.63. The van der Waals surface area contributed by atoms with E-state index in [2.05, 4.69) is 30.3 Å². The number of esters is 2. The molecule has 0 saturated carbocycles. The fraction of sp³-hybridized carbons (Fsp3) is 0.421. The van der Waals surface area contributed by atoms with Crippen LogP contribution in [0, 0.1) is 0 Å². The molecule has 0 aliphatic rings. The number of carbonyl (C=O) groups excluding carboxylic acids is 2. The first kappa shape index (κ1) is 21.9. The Bertz CT molecular complexity index is 841. The fourth-order valence-electron chi connectivity index (χ4n) is 2.17. The Labute approximate surface area is 169 Å². The van der Waals surface area contributed by atoms with Gasteiger partial charge in [-0.05, 0) is 52.0 Å². The largest absolute Gasteiger partial charge is 0.466 e. The molecule has 29 heavy (non-hydrogen) atoms. The lowest BCUT2D eigenvalue weighted by molar-refractivity contribution is -0.149. The molecular formula is C19H25N5O5. The summed E-state index contributed by atoms with van der Waals surface area (Å²) in [4.78, 5) is 36.2. The third kappa shape index (κ3) is 6.59. The van der Waals surface area contributed by atoms with E-state index in [4.69, 9.17) is 9.47 Å². The molecule has 0 amide bonds. The average molecular weight is 403 g/mol.